The third-order valence-electron chi connectivity index (χ3n) is 2.15. The van der Waals surface area contributed by atoms with Crippen molar-refractivity contribution in [2.75, 3.05) is 19.8 Å². The summed E-state index contributed by atoms with van der Waals surface area (Å²) in [5.41, 5.74) is 5.30. The van der Waals surface area contributed by atoms with E-state index in [1.165, 1.54) is 44.9 Å². The van der Waals surface area contributed by atoms with Gasteiger partial charge < -0.3 is 10.5 Å². The number of ether oxygens (including phenoxy) is 1. The van der Waals surface area contributed by atoms with Crippen LogP contribution in [-0.2, 0) is 4.74 Å². The molecule has 0 aromatic heterocycles. The highest BCUT2D eigenvalue weighted by Crippen LogP contribution is 2.06. The van der Waals surface area contributed by atoms with E-state index in [1.807, 2.05) is 0 Å². The zero-order valence-electron chi connectivity index (χ0n) is 9.06. The quantitative estimate of drug-likeness (QED) is 0.534. The summed E-state index contributed by atoms with van der Waals surface area (Å²) >= 11 is 0. The van der Waals surface area contributed by atoms with Crippen LogP contribution in [0, 0.1) is 0 Å². The Morgan fingerprint density at radius 1 is 0.846 bits per heavy atom. The van der Waals surface area contributed by atoms with Crippen LogP contribution in [0.1, 0.15) is 51.9 Å². The highest BCUT2D eigenvalue weighted by atomic mass is 16.5. The molecule has 0 amide bonds. The summed E-state index contributed by atoms with van der Waals surface area (Å²) in [4.78, 5) is 0. The van der Waals surface area contributed by atoms with Crippen molar-refractivity contribution >= 4 is 0 Å². The van der Waals surface area contributed by atoms with E-state index in [4.69, 9.17) is 10.5 Å². The monoisotopic (exact) mass is 187 g/mol. The highest BCUT2D eigenvalue weighted by Gasteiger charge is 1.90. The number of unbranched alkanes of at least 4 members (excludes halogenated alkanes) is 6. The predicted octanol–water partition coefficient (Wildman–Crippen LogP) is 2.71. The van der Waals surface area contributed by atoms with Crippen LogP contribution >= 0.6 is 0 Å². The van der Waals surface area contributed by atoms with Crippen LogP contribution < -0.4 is 5.73 Å². The van der Waals surface area contributed by atoms with Crippen LogP contribution in [0.15, 0.2) is 0 Å². The average Bonchev–Trinajstić information content (AvgIpc) is 2.16. The number of nitrogens with two attached hydrogens (primary N) is 1. The smallest absolute Gasteiger partial charge is 0.0588 e. The third-order valence-corrected chi connectivity index (χ3v) is 2.15. The molecule has 0 heterocycles. The number of rotatable bonds is 10. The average molecular weight is 187 g/mol. The summed E-state index contributed by atoms with van der Waals surface area (Å²) in [5.74, 6) is 0. The minimum atomic E-state index is 0.649. The maximum absolute atomic E-state index is 5.30. The molecule has 0 bridgehead atoms. The predicted molar refractivity (Wildman–Crippen MR) is 57.9 cm³/mol. The van der Waals surface area contributed by atoms with Crippen LogP contribution in [0.4, 0.5) is 0 Å². The van der Waals surface area contributed by atoms with E-state index in [9.17, 15) is 0 Å². The van der Waals surface area contributed by atoms with Crippen molar-refractivity contribution in [1.29, 1.82) is 0 Å². The fourth-order valence-electron chi connectivity index (χ4n) is 1.35. The lowest BCUT2D eigenvalue weighted by Gasteiger charge is -2.02. The van der Waals surface area contributed by atoms with Gasteiger partial charge in [-0.2, -0.15) is 0 Å². The molecule has 0 aliphatic heterocycles. The molecule has 0 aromatic carbocycles. The van der Waals surface area contributed by atoms with E-state index in [0.29, 0.717) is 6.54 Å². The molecule has 13 heavy (non-hydrogen) atoms. The lowest BCUT2D eigenvalue weighted by Crippen LogP contribution is -2.08. The molecule has 0 saturated carbocycles. The van der Waals surface area contributed by atoms with E-state index < -0.39 is 0 Å². The van der Waals surface area contributed by atoms with E-state index in [-0.39, 0.29) is 0 Å². The Labute approximate surface area is 82.8 Å². The molecule has 0 spiro atoms. The first kappa shape index (κ1) is 12.9. The van der Waals surface area contributed by atoms with Crippen LogP contribution in [-0.4, -0.2) is 19.8 Å². The molecule has 0 aliphatic carbocycles. The fourth-order valence-corrected chi connectivity index (χ4v) is 1.35. The Kier molecular flexibility index (Phi) is 11.8. The molecule has 0 atom stereocenters. The van der Waals surface area contributed by atoms with Gasteiger partial charge in [0, 0.05) is 13.2 Å². The largest absolute Gasteiger partial charge is 0.380 e. The van der Waals surface area contributed by atoms with Crippen LogP contribution in [0.5, 0.6) is 0 Å². The molecule has 0 aromatic rings. The lowest BCUT2D eigenvalue weighted by atomic mass is 10.1. The first-order valence-electron chi connectivity index (χ1n) is 5.69. The van der Waals surface area contributed by atoms with Gasteiger partial charge in [0.2, 0.25) is 0 Å². The first-order chi connectivity index (χ1) is 6.41. The maximum Gasteiger partial charge on any atom is 0.0588 e. The normalized spacial score (nSPS) is 10.6. The molecule has 0 radical (unpaired) electrons. The third kappa shape index (κ3) is 11.9. The topological polar surface area (TPSA) is 35.2 Å². The summed E-state index contributed by atoms with van der Waals surface area (Å²) in [6.45, 7) is 4.51. The molecule has 2 heteroatoms. The van der Waals surface area contributed by atoms with Gasteiger partial charge in [-0.25, -0.2) is 0 Å². The highest BCUT2D eigenvalue weighted by molar-refractivity contribution is 4.44. The second-order valence-corrected chi connectivity index (χ2v) is 3.52. The number of hydrogen-bond donors (Lipinski definition) is 1. The molecule has 80 valence electrons. The van der Waals surface area contributed by atoms with Gasteiger partial charge in [-0.3, -0.25) is 0 Å². The number of hydrogen-bond acceptors (Lipinski definition) is 2. The molecule has 2 nitrogen and oxygen atoms in total. The Hall–Kier alpha value is -0.0800. The van der Waals surface area contributed by atoms with E-state index >= 15 is 0 Å². The Morgan fingerprint density at radius 3 is 2.08 bits per heavy atom. The molecule has 2 N–H and O–H groups in total. The van der Waals surface area contributed by atoms with Gasteiger partial charge in [0.15, 0.2) is 0 Å². The van der Waals surface area contributed by atoms with Crippen molar-refractivity contribution in [1.82, 2.24) is 0 Å². The molecular formula is C11H25NO. The molecule has 0 saturated heterocycles. The van der Waals surface area contributed by atoms with Gasteiger partial charge in [-0.05, 0) is 6.42 Å². The summed E-state index contributed by atoms with van der Waals surface area (Å²) in [6, 6.07) is 0. The molecule has 0 unspecified atom stereocenters. The second-order valence-electron chi connectivity index (χ2n) is 3.52. The summed E-state index contributed by atoms with van der Waals surface area (Å²) < 4.78 is 5.29. The molecule has 0 fully saturated rings. The van der Waals surface area contributed by atoms with Crippen molar-refractivity contribution in [3.63, 3.8) is 0 Å². The summed E-state index contributed by atoms with van der Waals surface area (Å²) in [5, 5.41) is 0. The van der Waals surface area contributed by atoms with Crippen LogP contribution in [0.3, 0.4) is 0 Å². The van der Waals surface area contributed by atoms with Crippen LogP contribution in [0.25, 0.3) is 0 Å². The van der Waals surface area contributed by atoms with Gasteiger partial charge >= 0.3 is 0 Å². The van der Waals surface area contributed by atoms with Gasteiger partial charge in [-0.15, -0.1) is 0 Å². The minimum absolute atomic E-state index is 0.649. The summed E-state index contributed by atoms with van der Waals surface area (Å²) in [6.07, 6.45) is 9.40. The van der Waals surface area contributed by atoms with E-state index in [0.717, 1.165) is 13.2 Å². The Balaban J connectivity index is 2.76. The Morgan fingerprint density at radius 2 is 1.46 bits per heavy atom. The summed E-state index contributed by atoms with van der Waals surface area (Å²) in [7, 11) is 0. The fraction of sp³-hybridized carbons (Fsp3) is 1.00. The zero-order chi connectivity index (χ0) is 9.78. The van der Waals surface area contributed by atoms with Gasteiger partial charge in [0.05, 0.1) is 6.61 Å². The van der Waals surface area contributed by atoms with Crippen molar-refractivity contribution in [2.24, 2.45) is 5.73 Å². The standard InChI is InChI=1S/C11H25NO/c1-2-3-4-5-6-7-8-10-13-11-9-12/h2-12H2,1H3. The Bertz CT molecular complexity index is 76.2. The van der Waals surface area contributed by atoms with Crippen molar-refractivity contribution < 1.29 is 4.74 Å². The minimum Gasteiger partial charge on any atom is -0.380 e. The lowest BCUT2D eigenvalue weighted by molar-refractivity contribution is 0.137. The van der Waals surface area contributed by atoms with Crippen LogP contribution in [0.2, 0.25) is 0 Å². The molecular weight excluding hydrogens is 162 g/mol. The molecule has 0 aliphatic rings. The SMILES string of the molecule is CCCCCCCCCOCCN. The first-order valence-corrected chi connectivity index (χ1v) is 5.69. The molecule has 0 rings (SSSR count). The van der Waals surface area contributed by atoms with Crippen molar-refractivity contribution in [3.05, 3.63) is 0 Å². The van der Waals surface area contributed by atoms with Gasteiger partial charge in [-0.1, -0.05) is 45.4 Å². The van der Waals surface area contributed by atoms with Crippen molar-refractivity contribution in [2.45, 2.75) is 51.9 Å². The van der Waals surface area contributed by atoms with E-state index in [1.54, 1.807) is 0 Å². The zero-order valence-corrected chi connectivity index (χ0v) is 9.06. The van der Waals surface area contributed by atoms with Crippen molar-refractivity contribution in [3.8, 4) is 0 Å². The van der Waals surface area contributed by atoms with E-state index in [2.05, 4.69) is 6.92 Å². The maximum atomic E-state index is 5.30. The van der Waals surface area contributed by atoms with Gasteiger partial charge in [0.1, 0.15) is 0 Å². The second kappa shape index (κ2) is 11.9. The van der Waals surface area contributed by atoms with Gasteiger partial charge in [0.25, 0.3) is 0 Å².